The second kappa shape index (κ2) is 7.64. The standard InChI is InChI=1S/C18H18N4O4/c1-26-16-10-12(6-8-19-16)11-20-15(23)7-9-22-14-5-3-2-4-13(14)17(24)21-18(22)25/h2-6,8,10H,7,9,11H2,1H3,(H,20,23)(H,21,24,25). The maximum atomic E-state index is 12.1. The number of rotatable bonds is 6. The predicted octanol–water partition coefficient (Wildman–Crippen LogP) is 0.800. The molecule has 0 aliphatic rings. The average molecular weight is 354 g/mol. The van der Waals surface area contributed by atoms with E-state index in [2.05, 4.69) is 15.3 Å². The van der Waals surface area contributed by atoms with Gasteiger partial charge < -0.3 is 10.1 Å². The summed E-state index contributed by atoms with van der Waals surface area (Å²) in [7, 11) is 1.52. The number of carbonyl (C=O) groups excluding carboxylic acids is 1. The van der Waals surface area contributed by atoms with Crippen LogP contribution in [0.25, 0.3) is 10.9 Å². The highest BCUT2D eigenvalue weighted by atomic mass is 16.5. The number of nitrogens with one attached hydrogen (secondary N) is 2. The summed E-state index contributed by atoms with van der Waals surface area (Å²) in [4.78, 5) is 42.3. The number of pyridine rings is 1. The van der Waals surface area contributed by atoms with Gasteiger partial charge in [-0.15, -0.1) is 0 Å². The molecule has 0 saturated carbocycles. The molecule has 8 heteroatoms. The van der Waals surface area contributed by atoms with Crippen molar-refractivity contribution in [2.75, 3.05) is 7.11 Å². The maximum absolute atomic E-state index is 12.1. The van der Waals surface area contributed by atoms with E-state index in [1.807, 2.05) is 0 Å². The summed E-state index contributed by atoms with van der Waals surface area (Å²) in [5, 5.41) is 3.20. The molecule has 0 bridgehead atoms. The van der Waals surface area contributed by atoms with E-state index in [1.54, 1.807) is 42.6 Å². The normalized spacial score (nSPS) is 10.7. The summed E-state index contributed by atoms with van der Waals surface area (Å²) in [6, 6.07) is 10.3. The van der Waals surface area contributed by atoms with Gasteiger partial charge in [-0.2, -0.15) is 0 Å². The fraction of sp³-hybridized carbons (Fsp3) is 0.222. The molecule has 0 aliphatic heterocycles. The number of hydrogen-bond donors (Lipinski definition) is 2. The molecular weight excluding hydrogens is 336 g/mol. The zero-order chi connectivity index (χ0) is 18.5. The zero-order valence-electron chi connectivity index (χ0n) is 14.2. The van der Waals surface area contributed by atoms with Gasteiger partial charge in [0.25, 0.3) is 5.56 Å². The highest BCUT2D eigenvalue weighted by molar-refractivity contribution is 5.78. The predicted molar refractivity (Wildman–Crippen MR) is 96.1 cm³/mol. The number of H-pyrrole nitrogens is 1. The summed E-state index contributed by atoms with van der Waals surface area (Å²) in [5.74, 6) is 0.269. The molecule has 0 saturated heterocycles. The van der Waals surface area contributed by atoms with E-state index in [0.717, 1.165) is 5.56 Å². The summed E-state index contributed by atoms with van der Waals surface area (Å²) >= 11 is 0. The third-order valence-corrected chi connectivity index (χ3v) is 3.97. The molecular formula is C18H18N4O4. The molecule has 3 rings (SSSR count). The molecule has 0 fully saturated rings. The Balaban J connectivity index is 1.67. The number of methoxy groups -OCH3 is 1. The van der Waals surface area contributed by atoms with Crippen molar-refractivity contribution in [2.45, 2.75) is 19.5 Å². The Morgan fingerprint density at radius 2 is 2.08 bits per heavy atom. The van der Waals surface area contributed by atoms with Crippen molar-refractivity contribution in [2.24, 2.45) is 0 Å². The smallest absolute Gasteiger partial charge is 0.328 e. The van der Waals surface area contributed by atoms with Crippen LogP contribution >= 0.6 is 0 Å². The number of carbonyl (C=O) groups is 1. The monoisotopic (exact) mass is 354 g/mol. The molecule has 2 heterocycles. The van der Waals surface area contributed by atoms with Gasteiger partial charge in [-0.3, -0.25) is 19.1 Å². The average Bonchev–Trinajstić information content (AvgIpc) is 2.66. The Hall–Kier alpha value is -3.42. The van der Waals surface area contributed by atoms with Gasteiger partial charge in [-0.25, -0.2) is 9.78 Å². The van der Waals surface area contributed by atoms with E-state index < -0.39 is 11.2 Å². The van der Waals surface area contributed by atoms with Gasteiger partial charge in [0.1, 0.15) is 0 Å². The summed E-state index contributed by atoms with van der Waals surface area (Å²) in [6.45, 7) is 0.501. The van der Waals surface area contributed by atoms with E-state index in [1.165, 1.54) is 11.7 Å². The summed E-state index contributed by atoms with van der Waals surface area (Å²) < 4.78 is 6.43. The minimum atomic E-state index is -0.527. The second-order valence-electron chi connectivity index (χ2n) is 5.66. The first-order valence-corrected chi connectivity index (χ1v) is 8.06. The minimum absolute atomic E-state index is 0.109. The lowest BCUT2D eigenvalue weighted by atomic mass is 10.2. The van der Waals surface area contributed by atoms with E-state index in [9.17, 15) is 14.4 Å². The molecule has 3 aromatic rings. The number of hydrogen-bond acceptors (Lipinski definition) is 5. The SMILES string of the molecule is COc1cc(CNC(=O)CCn2c(=O)[nH]c(=O)c3ccccc32)ccn1. The molecule has 2 N–H and O–H groups in total. The Labute approximate surface area is 148 Å². The molecule has 2 aromatic heterocycles. The Morgan fingerprint density at radius 3 is 2.88 bits per heavy atom. The number of fused-ring (bicyclic) bond motifs is 1. The molecule has 0 atom stereocenters. The third-order valence-electron chi connectivity index (χ3n) is 3.97. The fourth-order valence-electron chi connectivity index (χ4n) is 2.64. The Kier molecular flexibility index (Phi) is 5.12. The lowest BCUT2D eigenvalue weighted by molar-refractivity contribution is -0.121. The van der Waals surface area contributed by atoms with Crippen LogP contribution in [0.3, 0.4) is 0 Å². The molecule has 0 unspecified atom stereocenters. The number of aromatic amines is 1. The topological polar surface area (TPSA) is 106 Å². The van der Waals surface area contributed by atoms with Crippen LogP contribution in [0.4, 0.5) is 0 Å². The van der Waals surface area contributed by atoms with E-state index in [0.29, 0.717) is 23.3 Å². The third kappa shape index (κ3) is 3.80. The lowest BCUT2D eigenvalue weighted by Gasteiger charge is -2.10. The van der Waals surface area contributed by atoms with E-state index >= 15 is 0 Å². The Bertz CT molecular complexity index is 1050. The van der Waals surface area contributed by atoms with Crippen molar-refractivity contribution >= 4 is 16.8 Å². The highest BCUT2D eigenvalue weighted by Crippen LogP contribution is 2.09. The van der Waals surface area contributed by atoms with Gasteiger partial charge >= 0.3 is 5.69 Å². The first-order chi connectivity index (χ1) is 12.6. The molecule has 0 aliphatic carbocycles. The molecule has 134 valence electrons. The van der Waals surface area contributed by atoms with Crippen molar-refractivity contribution in [3.63, 3.8) is 0 Å². The molecule has 8 nitrogen and oxygen atoms in total. The van der Waals surface area contributed by atoms with Crippen LogP contribution in [-0.2, 0) is 17.9 Å². The first-order valence-electron chi connectivity index (χ1n) is 8.06. The first kappa shape index (κ1) is 17.4. The number of ether oxygens (including phenoxy) is 1. The van der Waals surface area contributed by atoms with Gasteiger partial charge in [-0.1, -0.05) is 12.1 Å². The van der Waals surface area contributed by atoms with Crippen molar-refractivity contribution in [3.8, 4) is 5.88 Å². The number of nitrogens with zero attached hydrogens (tertiary/aromatic N) is 2. The van der Waals surface area contributed by atoms with Crippen LogP contribution in [-0.4, -0.2) is 27.6 Å². The number of benzene rings is 1. The minimum Gasteiger partial charge on any atom is -0.481 e. The number of amides is 1. The summed E-state index contributed by atoms with van der Waals surface area (Å²) in [5.41, 5.74) is 0.406. The molecule has 0 spiro atoms. The number of para-hydroxylation sites is 1. The summed E-state index contributed by atoms with van der Waals surface area (Å²) in [6.07, 6.45) is 1.71. The van der Waals surface area contributed by atoms with Crippen molar-refractivity contribution < 1.29 is 9.53 Å². The number of aromatic nitrogens is 3. The van der Waals surface area contributed by atoms with Gasteiger partial charge in [0.15, 0.2) is 0 Å². The second-order valence-corrected chi connectivity index (χ2v) is 5.66. The van der Waals surface area contributed by atoms with Crippen LogP contribution < -0.4 is 21.3 Å². The highest BCUT2D eigenvalue weighted by Gasteiger charge is 2.09. The Morgan fingerprint density at radius 1 is 1.27 bits per heavy atom. The molecule has 1 aromatic carbocycles. The van der Waals surface area contributed by atoms with Gasteiger partial charge in [0.05, 0.1) is 18.0 Å². The van der Waals surface area contributed by atoms with Crippen molar-refractivity contribution in [1.29, 1.82) is 0 Å². The molecule has 0 radical (unpaired) electrons. The van der Waals surface area contributed by atoms with Crippen molar-refractivity contribution in [3.05, 3.63) is 69.0 Å². The van der Waals surface area contributed by atoms with Gasteiger partial charge in [0, 0.05) is 31.8 Å². The van der Waals surface area contributed by atoms with Crippen LogP contribution in [0.2, 0.25) is 0 Å². The van der Waals surface area contributed by atoms with Crippen LogP contribution in [0.5, 0.6) is 5.88 Å². The zero-order valence-corrected chi connectivity index (χ0v) is 14.2. The van der Waals surface area contributed by atoms with Crippen molar-refractivity contribution in [1.82, 2.24) is 19.9 Å². The quantitative estimate of drug-likeness (QED) is 0.681. The van der Waals surface area contributed by atoms with Crippen LogP contribution in [0.1, 0.15) is 12.0 Å². The van der Waals surface area contributed by atoms with Crippen LogP contribution in [0.15, 0.2) is 52.2 Å². The maximum Gasteiger partial charge on any atom is 0.328 e. The van der Waals surface area contributed by atoms with Gasteiger partial charge in [0.2, 0.25) is 11.8 Å². The van der Waals surface area contributed by atoms with E-state index in [-0.39, 0.29) is 18.9 Å². The molecule has 1 amide bonds. The largest absolute Gasteiger partial charge is 0.481 e. The lowest BCUT2D eigenvalue weighted by Crippen LogP contribution is -2.32. The van der Waals surface area contributed by atoms with Gasteiger partial charge in [-0.05, 0) is 23.8 Å². The number of aryl methyl sites for hydroxylation is 1. The fourth-order valence-corrected chi connectivity index (χ4v) is 2.64. The van der Waals surface area contributed by atoms with Crippen LogP contribution in [0, 0.1) is 0 Å². The molecule has 26 heavy (non-hydrogen) atoms. The van der Waals surface area contributed by atoms with E-state index in [4.69, 9.17) is 4.74 Å².